The lowest BCUT2D eigenvalue weighted by molar-refractivity contribution is -0.142. The van der Waals surface area contributed by atoms with Gasteiger partial charge in [0.1, 0.15) is 17.8 Å². The van der Waals surface area contributed by atoms with Crippen molar-refractivity contribution >= 4 is 29.6 Å². The molecule has 0 aromatic heterocycles. The maximum absolute atomic E-state index is 12.3. The van der Waals surface area contributed by atoms with Crippen molar-refractivity contribution in [3.63, 3.8) is 0 Å². The number of carbonyl (C=O) groups excluding carboxylic acids is 4. The van der Waals surface area contributed by atoms with Crippen LogP contribution in [0.3, 0.4) is 0 Å². The van der Waals surface area contributed by atoms with E-state index in [1.165, 1.54) is 31.2 Å². The van der Waals surface area contributed by atoms with Crippen molar-refractivity contribution in [2.45, 2.75) is 44.3 Å². The second kappa shape index (κ2) is 12.1. The van der Waals surface area contributed by atoms with E-state index >= 15 is 0 Å². The number of benzene rings is 1. The van der Waals surface area contributed by atoms with Crippen LogP contribution in [0, 0.1) is 0 Å². The quantitative estimate of drug-likeness (QED) is 0.189. The summed E-state index contributed by atoms with van der Waals surface area (Å²) in [5, 5.41) is 25.6. The first-order valence-electron chi connectivity index (χ1n) is 9.41. The zero-order valence-electron chi connectivity index (χ0n) is 17.0. The maximum Gasteiger partial charge on any atom is 0.326 e. The van der Waals surface area contributed by atoms with Gasteiger partial charge in [0.2, 0.25) is 23.6 Å². The Labute approximate surface area is 178 Å². The lowest BCUT2D eigenvalue weighted by atomic mass is 10.1. The van der Waals surface area contributed by atoms with Gasteiger partial charge in [-0.2, -0.15) is 0 Å². The van der Waals surface area contributed by atoms with Gasteiger partial charge in [0.25, 0.3) is 0 Å². The van der Waals surface area contributed by atoms with Gasteiger partial charge in [0, 0.05) is 12.8 Å². The van der Waals surface area contributed by atoms with Gasteiger partial charge in [-0.05, 0) is 31.0 Å². The van der Waals surface area contributed by atoms with Crippen molar-refractivity contribution in [2.24, 2.45) is 11.5 Å². The fraction of sp³-hybridized carbons (Fsp3) is 0.421. The number of carboxylic acids is 1. The Hall–Kier alpha value is -3.67. The summed E-state index contributed by atoms with van der Waals surface area (Å²) >= 11 is 0. The zero-order chi connectivity index (χ0) is 23.6. The number of aromatic hydroxyl groups is 1. The molecule has 4 amide bonds. The first kappa shape index (κ1) is 25.4. The molecule has 12 nitrogen and oxygen atoms in total. The van der Waals surface area contributed by atoms with E-state index < -0.39 is 54.3 Å². The van der Waals surface area contributed by atoms with Crippen LogP contribution in [0.15, 0.2) is 24.3 Å². The molecule has 0 fully saturated rings. The fourth-order valence-corrected chi connectivity index (χ4v) is 2.45. The van der Waals surface area contributed by atoms with Crippen LogP contribution in [-0.2, 0) is 30.4 Å². The molecule has 9 N–H and O–H groups in total. The van der Waals surface area contributed by atoms with Crippen LogP contribution in [0.4, 0.5) is 0 Å². The Bertz CT molecular complexity index is 812. The van der Waals surface area contributed by atoms with Crippen LogP contribution in [-0.4, -0.2) is 64.5 Å². The summed E-state index contributed by atoms with van der Waals surface area (Å²) in [6.45, 7) is 0.893. The highest BCUT2D eigenvalue weighted by Gasteiger charge is 2.24. The molecular formula is C19H27N5O7. The van der Waals surface area contributed by atoms with Crippen LogP contribution < -0.4 is 27.4 Å². The molecule has 0 saturated carbocycles. The van der Waals surface area contributed by atoms with Gasteiger partial charge < -0.3 is 37.6 Å². The van der Waals surface area contributed by atoms with E-state index in [0.29, 0.717) is 5.56 Å². The largest absolute Gasteiger partial charge is 0.508 e. The normalized spacial score (nSPS) is 13.4. The molecule has 3 atom stereocenters. The molecule has 0 aliphatic heterocycles. The standard InChI is InChI=1S/C19H27N5O7/c1-10(23-16(27)9-22-18(29)13(20)6-7-15(21)26)17(28)24-14(19(30)31)8-11-2-4-12(25)5-3-11/h2-5,10,13-14,25H,6-9,20H2,1H3,(H2,21,26)(H,22,29)(H,23,27)(H,24,28)(H,30,31). The van der Waals surface area contributed by atoms with Gasteiger partial charge in [-0.15, -0.1) is 0 Å². The summed E-state index contributed by atoms with van der Waals surface area (Å²) in [4.78, 5) is 58.1. The number of aliphatic carboxylic acids is 1. The number of carboxylic acid groups (broad SMARTS) is 1. The van der Waals surface area contributed by atoms with E-state index in [4.69, 9.17) is 11.5 Å². The van der Waals surface area contributed by atoms with E-state index in [1.807, 2.05) is 0 Å². The number of carbonyl (C=O) groups is 5. The molecular weight excluding hydrogens is 410 g/mol. The number of amides is 4. The van der Waals surface area contributed by atoms with Gasteiger partial charge in [-0.1, -0.05) is 12.1 Å². The minimum atomic E-state index is -1.27. The lowest BCUT2D eigenvalue weighted by Crippen LogP contribution is -2.53. The summed E-state index contributed by atoms with van der Waals surface area (Å²) in [5.74, 6) is -3.93. The van der Waals surface area contributed by atoms with E-state index in [-0.39, 0.29) is 25.0 Å². The molecule has 0 radical (unpaired) electrons. The monoisotopic (exact) mass is 437 g/mol. The summed E-state index contributed by atoms with van der Waals surface area (Å²) in [6.07, 6.45) is -0.0760. The van der Waals surface area contributed by atoms with Crippen LogP contribution in [0.2, 0.25) is 0 Å². The minimum Gasteiger partial charge on any atom is -0.508 e. The van der Waals surface area contributed by atoms with E-state index in [2.05, 4.69) is 16.0 Å². The van der Waals surface area contributed by atoms with Gasteiger partial charge in [0.15, 0.2) is 0 Å². The number of rotatable bonds is 12. The number of nitrogens with two attached hydrogens (primary N) is 2. The number of hydrogen-bond donors (Lipinski definition) is 7. The second-order valence-corrected chi connectivity index (χ2v) is 6.89. The number of phenols is 1. The Morgan fingerprint density at radius 2 is 1.65 bits per heavy atom. The van der Waals surface area contributed by atoms with E-state index in [1.54, 1.807) is 0 Å². The van der Waals surface area contributed by atoms with Crippen LogP contribution in [0.25, 0.3) is 0 Å². The van der Waals surface area contributed by atoms with Crippen LogP contribution >= 0.6 is 0 Å². The minimum absolute atomic E-state index is 0.0249. The van der Waals surface area contributed by atoms with Crippen molar-refractivity contribution in [1.29, 1.82) is 0 Å². The molecule has 31 heavy (non-hydrogen) atoms. The van der Waals surface area contributed by atoms with E-state index in [0.717, 1.165) is 0 Å². The van der Waals surface area contributed by atoms with Gasteiger partial charge in [-0.3, -0.25) is 19.2 Å². The first-order valence-corrected chi connectivity index (χ1v) is 9.41. The summed E-state index contributed by atoms with van der Waals surface area (Å²) in [6, 6.07) is 2.50. The zero-order valence-corrected chi connectivity index (χ0v) is 17.0. The third kappa shape index (κ3) is 9.58. The lowest BCUT2D eigenvalue weighted by Gasteiger charge is -2.19. The summed E-state index contributed by atoms with van der Waals surface area (Å²) in [5.41, 5.74) is 11.1. The molecule has 0 aliphatic rings. The third-order valence-electron chi connectivity index (χ3n) is 4.22. The Morgan fingerprint density at radius 1 is 1.03 bits per heavy atom. The first-order chi connectivity index (χ1) is 14.5. The predicted octanol–water partition coefficient (Wildman–Crippen LogP) is -2.28. The molecule has 1 rings (SSSR count). The second-order valence-electron chi connectivity index (χ2n) is 6.89. The summed E-state index contributed by atoms with van der Waals surface area (Å²) < 4.78 is 0. The van der Waals surface area contributed by atoms with Crippen molar-refractivity contribution in [1.82, 2.24) is 16.0 Å². The highest BCUT2D eigenvalue weighted by atomic mass is 16.4. The molecule has 12 heteroatoms. The molecule has 0 bridgehead atoms. The number of phenolic OH excluding ortho intramolecular Hbond substituents is 1. The average molecular weight is 437 g/mol. The predicted molar refractivity (Wildman–Crippen MR) is 108 cm³/mol. The third-order valence-corrected chi connectivity index (χ3v) is 4.22. The molecule has 0 saturated heterocycles. The average Bonchev–Trinajstić information content (AvgIpc) is 2.70. The Balaban J connectivity index is 2.50. The van der Waals surface area contributed by atoms with Gasteiger partial charge >= 0.3 is 5.97 Å². The molecule has 0 heterocycles. The highest BCUT2D eigenvalue weighted by Crippen LogP contribution is 2.11. The topological polar surface area (TPSA) is 214 Å². The molecule has 3 unspecified atom stereocenters. The van der Waals surface area contributed by atoms with Crippen LogP contribution in [0.5, 0.6) is 5.75 Å². The van der Waals surface area contributed by atoms with E-state index in [9.17, 15) is 34.2 Å². The van der Waals surface area contributed by atoms with Crippen molar-refractivity contribution in [2.75, 3.05) is 6.54 Å². The molecule has 0 aliphatic carbocycles. The SMILES string of the molecule is CC(NC(=O)CNC(=O)C(N)CCC(N)=O)C(=O)NC(Cc1ccc(O)cc1)C(=O)O. The smallest absolute Gasteiger partial charge is 0.326 e. The molecule has 0 spiro atoms. The summed E-state index contributed by atoms with van der Waals surface area (Å²) in [7, 11) is 0. The van der Waals surface area contributed by atoms with Crippen molar-refractivity contribution in [3.8, 4) is 5.75 Å². The molecule has 1 aromatic carbocycles. The molecule has 170 valence electrons. The Morgan fingerprint density at radius 3 is 2.19 bits per heavy atom. The fourth-order valence-electron chi connectivity index (χ4n) is 2.45. The highest BCUT2D eigenvalue weighted by molar-refractivity contribution is 5.92. The van der Waals surface area contributed by atoms with Crippen LogP contribution in [0.1, 0.15) is 25.3 Å². The number of hydrogen-bond acceptors (Lipinski definition) is 7. The molecule has 1 aromatic rings. The van der Waals surface area contributed by atoms with Crippen molar-refractivity contribution in [3.05, 3.63) is 29.8 Å². The number of nitrogens with one attached hydrogen (secondary N) is 3. The Kier molecular flexibility index (Phi) is 9.92. The van der Waals surface area contributed by atoms with Gasteiger partial charge in [-0.25, -0.2) is 4.79 Å². The maximum atomic E-state index is 12.3. The van der Waals surface area contributed by atoms with Gasteiger partial charge in [0.05, 0.1) is 12.6 Å². The number of primary amides is 1. The van der Waals surface area contributed by atoms with Crippen molar-refractivity contribution < 1.29 is 34.2 Å².